The molecule has 10 rings (SSSR count). The van der Waals surface area contributed by atoms with Gasteiger partial charge < -0.3 is 124 Å². The van der Waals surface area contributed by atoms with Crippen LogP contribution in [0.1, 0.15) is 113 Å². The summed E-state index contributed by atoms with van der Waals surface area (Å²) in [5.41, 5.74) is -1.98. The zero-order valence-electron chi connectivity index (χ0n) is 49.0. The van der Waals surface area contributed by atoms with Gasteiger partial charge in [0.25, 0.3) is 0 Å². The Hall–Kier alpha value is -1.75. The number of ether oxygens (including phenoxy) is 10. The number of rotatable bonds is 13. The van der Waals surface area contributed by atoms with Crippen molar-refractivity contribution < 1.29 is 129 Å². The van der Waals surface area contributed by atoms with Gasteiger partial charge in [0.15, 0.2) is 25.2 Å². The molecule has 482 valence electrons. The van der Waals surface area contributed by atoms with E-state index in [1.54, 1.807) is 0 Å². The zero-order chi connectivity index (χ0) is 61.1. The average molecular weight is 1210 g/mol. The van der Waals surface area contributed by atoms with E-state index in [1.807, 2.05) is 6.92 Å². The fourth-order valence-corrected chi connectivity index (χ4v) is 17.3. The maximum atomic E-state index is 15.1. The molecule has 32 atom stereocenters. The van der Waals surface area contributed by atoms with Crippen LogP contribution >= 0.6 is 0 Å². The molecule has 5 aliphatic heterocycles. The van der Waals surface area contributed by atoms with E-state index in [0.717, 1.165) is 6.42 Å². The van der Waals surface area contributed by atoms with Crippen molar-refractivity contribution in [3.63, 3.8) is 0 Å². The summed E-state index contributed by atoms with van der Waals surface area (Å²) >= 11 is 0. The molecule has 5 heterocycles. The number of aliphatic hydroxyl groups is 15. The molecule has 4 saturated carbocycles. The van der Waals surface area contributed by atoms with E-state index in [4.69, 9.17) is 47.4 Å². The van der Waals surface area contributed by atoms with Gasteiger partial charge in [0.05, 0.1) is 50.7 Å². The molecule has 9 fully saturated rings. The normalized spacial score (nSPS) is 54.9. The predicted octanol–water partition coefficient (Wildman–Crippen LogP) is -2.93. The number of allylic oxidation sites excluding steroid dienone is 2. The van der Waals surface area contributed by atoms with Gasteiger partial charge in [-0.1, -0.05) is 53.2 Å². The Morgan fingerprint density at radius 2 is 1.18 bits per heavy atom. The maximum absolute atomic E-state index is 15.1. The number of esters is 1. The van der Waals surface area contributed by atoms with E-state index in [2.05, 4.69) is 40.7 Å². The SMILES string of the molecule is C[C@@H]1O[C@@H](O[C@H]2[C@H](O[C@H]3CC[C@@]4(C)[C@@H](CC[C@]5(C)[C@@H]4CC=C4[C@@H]6CC(C)(C)CC[C@]6(C(=O)O[C@@H]6O[C@H](CO[C@@H]7O[C@H](CO)[C@@H](O)[C@@H](O)[C@H]7O)[C@@H](O)[C@H](O)[C@H]6O)CC[C@]45C)[C@]3(C)CO)OC[C@H](O)[C@@H]2O)[C@H](O)[C@H](O[C@@H]2OC[C@@H](O)[C@H](O)[C@H]2O)[C@H]1O. The maximum Gasteiger partial charge on any atom is 0.315 e. The second kappa shape index (κ2) is 24.1. The van der Waals surface area contributed by atoms with Crippen molar-refractivity contribution in [1.29, 1.82) is 0 Å². The molecule has 26 nitrogen and oxygen atoms in total. The number of fused-ring (bicyclic) bond motifs is 7. The summed E-state index contributed by atoms with van der Waals surface area (Å²) in [5, 5.41) is 162. The Labute approximate surface area is 488 Å². The number of aliphatic hydroxyl groups excluding tert-OH is 15. The van der Waals surface area contributed by atoms with Crippen LogP contribution in [0, 0.1) is 50.2 Å². The van der Waals surface area contributed by atoms with Gasteiger partial charge >= 0.3 is 5.97 Å². The molecule has 0 spiro atoms. The fraction of sp³-hybridized carbons (Fsp3) is 0.948. The zero-order valence-corrected chi connectivity index (χ0v) is 49.0. The van der Waals surface area contributed by atoms with Crippen LogP contribution in [0.5, 0.6) is 0 Å². The van der Waals surface area contributed by atoms with Gasteiger partial charge in [-0.3, -0.25) is 4.79 Å². The highest BCUT2D eigenvalue weighted by molar-refractivity contribution is 5.79. The summed E-state index contributed by atoms with van der Waals surface area (Å²) in [6.07, 6.45) is -28.6. The lowest BCUT2D eigenvalue weighted by Gasteiger charge is -2.71. The Morgan fingerprint density at radius 3 is 1.86 bits per heavy atom. The Kier molecular flexibility index (Phi) is 18.7. The van der Waals surface area contributed by atoms with Crippen molar-refractivity contribution in [1.82, 2.24) is 0 Å². The summed E-state index contributed by atoms with van der Waals surface area (Å²) in [7, 11) is 0. The van der Waals surface area contributed by atoms with Crippen LogP contribution in [0.2, 0.25) is 0 Å². The molecule has 26 heteroatoms. The Balaban J connectivity index is 0.850. The van der Waals surface area contributed by atoms with E-state index in [1.165, 1.54) is 12.5 Å². The van der Waals surface area contributed by atoms with Crippen molar-refractivity contribution in [2.45, 2.75) is 260 Å². The van der Waals surface area contributed by atoms with Gasteiger partial charge in [-0.25, -0.2) is 0 Å². The van der Waals surface area contributed by atoms with E-state index in [9.17, 15) is 76.6 Å². The van der Waals surface area contributed by atoms with Crippen LogP contribution in [-0.4, -0.2) is 263 Å². The van der Waals surface area contributed by atoms with Crippen molar-refractivity contribution in [3.8, 4) is 0 Å². The molecule has 15 N–H and O–H groups in total. The van der Waals surface area contributed by atoms with Crippen molar-refractivity contribution in [3.05, 3.63) is 11.6 Å². The van der Waals surface area contributed by atoms with E-state index < -0.39 is 189 Å². The highest BCUT2D eigenvalue weighted by atomic mass is 16.8. The lowest BCUT2D eigenvalue weighted by atomic mass is 9.33. The van der Waals surface area contributed by atoms with Crippen LogP contribution in [0.4, 0.5) is 0 Å². The van der Waals surface area contributed by atoms with Crippen LogP contribution in [0.25, 0.3) is 0 Å². The van der Waals surface area contributed by atoms with Gasteiger partial charge in [0.2, 0.25) is 6.29 Å². The molecule has 0 bridgehead atoms. The van der Waals surface area contributed by atoms with E-state index in [-0.39, 0.29) is 47.2 Å². The molecule has 0 aromatic rings. The Bertz CT molecular complexity index is 2330. The van der Waals surface area contributed by atoms with E-state index in [0.29, 0.717) is 57.8 Å². The molecule has 0 unspecified atom stereocenters. The minimum Gasteiger partial charge on any atom is -0.432 e. The monoisotopic (exact) mass is 1210 g/mol. The first kappa shape index (κ1) is 65.2. The van der Waals surface area contributed by atoms with Gasteiger partial charge in [-0.15, -0.1) is 0 Å². The first-order valence-electron chi connectivity index (χ1n) is 30.2. The van der Waals surface area contributed by atoms with Crippen LogP contribution in [0.15, 0.2) is 11.6 Å². The molecule has 0 aromatic heterocycles. The highest BCUT2D eigenvalue weighted by Gasteiger charge is 2.71. The Morgan fingerprint density at radius 1 is 0.571 bits per heavy atom. The minimum atomic E-state index is -1.86. The van der Waals surface area contributed by atoms with Crippen molar-refractivity contribution >= 4 is 5.97 Å². The third-order valence-corrected chi connectivity index (χ3v) is 22.8. The number of hydrogen-bond acceptors (Lipinski definition) is 26. The van der Waals surface area contributed by atoms with Gasteiger partial charge in [-0.2, -0.15) is 0 Å². The first-order valence-corrected chi connectivity index (χ1v) is 30.2. The number of carbonyl (C=O) groups excluding carboxylic acids is 1. The predicted molar refractivity (Wildman–Crippen MR) is 283 cm³/mol. The molecular formula is C58H94O26. The van der Waals surface area contributed by atoms with Crippen LogP contribution in [-0.2, 0) is 52.2 Å². The summed E-state index contributed by atoms with van der Waals surface area (Å²) < 4.78 is 59.4. The van der Waals surface area contributed by atoms with Crippen molar-refractivity contribution in [2.24, 2.45) is 50.2 Å². The number of carbonyl (C=O) groups is 1. The molecule has 10 aliphatic rings. The second-order valence-electron chi connectivity index (χ2n) is 28.1. The molecule has 0 amide bonds. The van der Waals surface area contributed by atoms with Crippen molar-refractivity contribution in [2.75, 3.05) is 33.0 Å². The molecule has 0 radical (unpaired) electrons. The topological polar surface area (TPSA) is 413 Å². The standard InChI is InChI=1S/C58H94O26/c1-24-34(63)45(82-48-41(70)35(64)27(61)20-75-48)44(73)50(78-24)83-46-36(65)28(62)21-76-51(46)81-33-11-12-54(4)31(55(33,5)23-60)10-13-57(7)32(54)9-8-25-26-18-53(2,3)14-16-58(26,17-15-56(25,57)6)52(74)84-49-43(72)40(69)38(67)30(80-49)22-77-47-42(71)39(68)37(66)29(19-59)79-47/h8,24,26-51,59-73H,9-23H2,1-7H3/t24-,26-,27+,28-,29+,30+,31+,32+,33-,34-,35-,36-,37+,38+,39+,40-,41+,42+,43+,44+,45+,46+,47+,48-,49-,50-,51-,54-,55-,56+,57+,58-/m0/s1. The second-order valence-corrected chi connectivity index (χ2v) is 28.1. The summed E-state index contributed by atoms with van der Waals surface area (Å²) in [4.78, 5) is 15.1. The lowest BCUT2D eigenvalue weighted by molar-refractivity contribution is -0.379. The third-order valence-electron chi connectivity index (χ3n) is 22.8. The lowest BCUT2D eigenvalue weighted by Crippen LogP contribution is -2.67. The van der Waals surface area contributed by atoms with E-state index >= 15 is 4.79 Å². The molecule has 5 saturated heterocycles. The summed E-state index contributed by atoms with van der Waals surface area (Å²) in [5.74, 6) is -0.880. The minimum absolute atomic E-state index is 0.0990. The highest BCUT2D eigenvalue weighted by Crippen LogP contribution is 2.76. The summed E-state index contributed by atoms with van der Waals surface area (Å²) in [6.45, 7) is 12.6. The third kappa shape index (κ3) is 10.9. The van der Waals surface area contributed by atoms with Gasteiger partial charge in [0.1, 0.15) is 104 Å². The molecular weight excluding hydrogens is 1110 g/mol. The first-order chi connectivity index (χ1) is 39.4. The fourth-order valence-electron chi connectivity index (χ4n) is 17.3. The van der Waals surface area contributed by atoms with Crippen LogP contribution in [0.3, 0.4) is 0 Å². The van der Waals surface area contributed by atoms with Gasteiger partial charge in [-0.05, 0) is 111 Å². The molecule has 84 heavy (non-hydrogen) atoms. The van der Waals surface area contributed by atoms with Gasteiger partial charge in [0, 0.05) is 5.41 Å². The summed E-state index contributed by atoms with van der Waals surface area (Å²) in [6, 6.07) is 0. The smallest absolute Gasteiger partial charge is 0.315 e. The number of hydrogen-bond donors (Lipinski definition) is 15. The quantitative estimate of drug-likeness (QED) is 0.0499. The molecule has 5 aliphatic carbocycles. The molecule has 0 aromatic carbocycles. The largest absolute Gasteiger partial charge is 0.432 e. The average Bonchev–Trinajstić information content (AvgIpc) is 0.836. The van der Waals surface area contributed by atoms with Crippen LogP contribution < -0.4 is 0 Å².